The maximum absolute atomic E-state index is 9.42. The van der Waals surface area contributed by atoms with E-state index in [1.807, 2.05) is 18.7 Å². The third-order valence-electron chi connectivity index (χ3n) is 1.98. The van der Waals surface area contributed by atoms with Crippen LogP contribution in [0.4, 0.5) is 0 Å². The highest BCUT2D eigenvalue weighted by Crippen LogP contribution is 2.27. The first-order valence-corrected chi connectivity index (χ1v) is 5.15. The lowest BCUT2D eigenvalue weighted by Gasteiger charge is -2.10. The van der Waals surface area contributed by atoms with E-state index >= 15 is 0 Å². The molecule has 1 fully saturated rings. The molecule has 0 radical (unpaired) electrons. The molecule has 2 atom stereocenters. The second-order valence-electron chi connectivity index (χ2n) is 2.83. The first kappa shape index (κ1) is 8.96. The molecule has 0 aliphatic carbocycles. The molecule has 0 bridgehead atoms. The van der Waals surface area contributed by atoms with Crippen molar-refractivity contribution in [3.05, 3.63) is 0 Å². The van der Waals surface area contributed by atoms with Crippen molar-refractivity contribution >= 4 is 11.8 Å². The Kier molecular flexibility index (Phi) is 3.82. The van der Waals surface area contributed by atoms with Gasteiger partial charge in [-0.15, -0.1) is 11.8 Å². The molecule has 0 aromatic carbocycles. The van der Waals surface area contributed by atoms with Crippen LogP contribution in [-0.4, -0.2) is 22.7 Å². The minimum atomic E-state index is -0.0707. The predicted molar refractivity (Wildman–Crippen MR) is 49.5 cm³/mol. The Bertz CT molecular complexity index is 168. The molecule has 2 heteroatoms. The molecule has 0 saturated carbocycles. The molecule has 0 aromatic heterocycles. The molecule has 1 heterocycles. The highest BCUT2D eigenvalue weighted by molar-refractivity contribution is 7.99. The Labute approximate surface area is 72.6 Å². The van der Waals surface area contributed by atoms with Gasteiger partial charge in [-0.1, -0.05) is 0 Å². The molecule has 1 N–H and O–H groups in total. The largest absolute Gasteiger partial charge is 0.392 e. The summed E-state index contributed by atoms with van der Waals surface area (Å²) in [4.78, 5) is 0. The normalized spacial score (nSPS) is 29.6. The van der Waals surface area contributed by atoms with Gasteiger partial charge in [0, 0.05) is 12.2 Å². The number of hydrogen-bond acceptors (Lipinski definition) is 2. The van der Waals surface area contributed by atoms with E-state index in [-0.39, 0.29) is 6.10 Å². The van der Waals surface area contributed by atoms with Crippen molar-refractivity contribution in [1.82, 2.24) is 0 Å². The van der Waals surface area contributed by atoms with Gasteiger partial charge in [0.2, 0.25) is 0 Å². The van der Waals surface area contributed by atoms with Crippen molar-refractivity contribution in [2.24, 2.45) is 5.92 Å². The van der Waals surface area contributed by atoms with Crippen LogP contribution in [0.2, 0.25) is 0 Å². The SMILES string of the molecule is CC#CCCC1CSCC1O. The monoisotopic (exact) mass is 170 g/mol. The molecule has 1 rings (SSSR count). The number of rotatable bonds is 2. The minimum absolute atomic E-state index is 0.0707. The van der Waals surface area contributed by atoms with Crippen LogP contribution in [0.25, 0.3) is 0 Å². The van der Waals surface area contributed by atoms with Crippen molar-refractivity contribution in [3.8, 4) is 11.8 Å². The van der Waals surface area contributed by atoms with E-state index in [4.69, 9.17) is 0 Å². The lowest BCUT2D eigenvalue weighted by atomic mass is 10.0. The van der Waals surface area contributed by atoms with Gasteiger partial charge in [-0.05, 0) is 25.0 Å². The Morgan fingerprint density at radius 3 is 2.91 bits per heavy atom. The smallest absolute Gasteiger partial charge is 0.0666 e. The number of thioether (sulfide) groups is 1. The summed E-state index contributed by atoms with van der Waals surface area (Å²) >= 11 is 1.85. The average molecular weight is 170 g/mol. The topological polar surface area (TPSA) is 20.2 Å². The number of aliphatic hydroxyl groups excluding tert-OH is 1. The second kappa shape index (κ2) is 4.69. The molecule has 1 saturated heterocycles. The quantitative estimate of drug-likeness (QED) is 0.634. The summed E-state index contributed by atoms with van der Waals surface area (Å²) in [7, 11) is 0. The van der Waals surface area contributed by atoms with E-state index in [0.717, 1.165) is 24.3 Å². The summed E-state index contributed by atoms with van der Waals surface area (Å²) in [5.74, 6) is 8.43. The van der Waals surface area contributed by atoms with E-state index < -0.39 is 0 Å². The van der Waals surface area contributed by atoms with Crippen molar-refractivity contribution < 1.29 is 5.11 Å². The van der Waals surface area contributed by atoms with Crippen LogP contribution in [0.5, 0.6) is 0 Å². The van der Waals surface area contributed by atoms with Crippen molar-refractivity contribution in [3.63, 3.8) is 0 Å². The number of hydrogen-bond donors (Lipinski definition) is 1. The second-order valence-corrected chi connectivity index (χ2v) is 3.91. The maximum Gasteiger partial charge on any atom is 0.0666 e. The molecule has 0 aromatic rings. The predicted octanol–water partition coefficient (Wildman–Crippen LogP) is 1.51. The first-order valence-electron chi connectivity index (χ1n) is 4.00. The standard InChI is InChI=1S/C9H14OS/c1-2-3-4-5-8-6-11-7-9(8)10/h8-10H,4-7H2,1H3. The highest BCUT2D eigenvalue weighted by atomic mass is 32.2. The summed E-state index contributed by atoms with van der Waals surface area (Å²) in [5, 5.41) is 9.42. The fourth-order valence-electron chi connectivity index (χ4n) is 1.25. The average Bonchev–Trinajstić information content (AvgIpc) is 2.37. The van der Waals surface area contributed by atoms with E-state index in [9.17, 15) is 5.11 Å². The van der Waals surface area contributed by atoms with Gasteiger partial charge in [0.25, 0.3) is 0 Å². The van der Waals surface area contributed by atoms with Crippen molar-refractivity contribution in [1.29, 1.82) is 0 Å². The van der Waals surface area contributed by atoms with E-state index in [0.29, 0.717) is 5.92 Å². The number of aliphatic hydroxyl groups is 1. The molecule has 1 nitrogen and oxygen atoms in total. The van der Waals surface area contributed by atoms with Gasteiger partial charge < -0.3 is 5.11 Å². The lowest BCUT2D eigenvalue weighted by Crippen LogP contribution is -2.17. The summed E-state index contributed by atoms with van der Waals surface area (Å²) < 4.78 is 0. The van der Waals surface area contributed by atoms with E-state index in [1.165, 1.54) is 0 Å². The van der Waals surface area contributed by atoms with Gasteiger partial charge in [-0.3, -0.25) is 0 Å². The summed E-state index contributed by atoms with van der Waals surface area (Å²) in [6.07, 6.45) is 1.94. The van der Waals surface area contributed by atoms with Crippen molar-refractivity contribution in [2.45, 2.75) is 25.9 Å². The fraction of sp³-hybridized carbons (Fsp3) is 0.778. The first-order chi connectivity index (χ1) is 5.34. The van der Waals surface area contributed by atoms with Crippen LogP contribution in [0.1, 0.15) is 19.8 Å². The molecule has 62 valence electrons. The van der Waals surface area contributed by atoms with Crippen LogP contribution in [-0.2, 0) is 0 Å². The third kappa shape index (κ3) is 2.76. The van der Waals surface area contributed by atoms with Crippen LogP contribution in [0.3, 0.4) is 0 Å². The zero-order valence-electron chi connectivity index (χ0n) is 6.84. The Hall–Kier alpha value is -0.130. The molecule has 0 spiro atoms. The zero-order valence-corrected chi connectivity index (χ0v) is 7.66. The van der Waals surface area contributed by atoms with E-state index in [1.54, 1.807) is 0 Å². The van der Waals surface area contributed by atoms with E-state index in [2.05, 4.69) is 11.8 Å². The molecular formula is C9H14OS. The molecule has 0 amide bonds. The van der Waals surface area contributed by atoms with Gasteiger partial charge >= 0.3 is 0 Å². The van der Waals surface area contributed by atoms with Gasteiger partial charge in [0.1, 0.15) is 0 Å². The molecule has 11 heavy (non-hydrogen) atoms. The summed E-state index contributed by atoms with van der Waals surface area (Å²) in [5.41, 5.74) is 0. The Morgan fingerprint density at radius 2 is 2.36 bits per heavy atom. The van der Waals surface area contributed by atoms with Gasteiger partial charge in [0.05, 0.1) is 6.10 Å². The molecule has 1 aliphatic rings. The maximum atomic E-state index is 9.42. The summed E-state index contributed by atoms with van der Waals surface area (Å²) in [6.45, 7) is 1.86. The van der Waals surface area contributed by atoms with Crippen LogP contribution in [0, 0.1) is 17.8 Å². The Balaban J connectivity index is 2.18. The van der Waals surface area contributed by atoms with Gasteiger partial charge in [-0.25, -0.2) is 0 Å². The van der Waals surface area contributed by atoms with Crippen LogP contribution < -0.4 is 0 Å². The Morgan fingerprint density at radius 1 is 1.55 bits per heavy atom. The zero-order chi connectivity index (χ0) is 8.10. The molecular weight excluding hydrogens is 156 g/mol. The van der Waals surface area contributed by atoms with Crippen LogP contribution in [0.15, 0.2) is 0 Å². The molecule has 1 aliphatic heterocycles. The lowest BCUT2D eigenvalue weighted by molar-refractivity contribution is 0.146. The highest BCUT2D eigenvalue weighted by Gasteiger charge is 2.24. The summed E-state index contributed by atoms with van der Waals surface area (Å²) in [6, 6.07) is 0. The third-order valence-corrected chi connectivity index (χ3v) is 3.22. The van der Waals surface area contributed by atoms with Gasteiger partial charge in [0.15, 0.2) is 0 Å². The fourth-order valence-corrected chi connectivity index (χ4v) is 2.59. The minimum Gasteiger partial charge on any atom is -0.392 e. The van der Waals surface area contributed by atoms with Crippen molar-refractivity contribution in [2.75, 3.05) is 11.5 Å². The van der Waals surface area contributed by atoms with Gasteiger partial charge in [-0.2, -0.15) is 11.8 Å². The molecule has 2 unspecified atom stereocenters. The van der Waals surface area contributed by atoms with Crippen LogP contribution >= 0.6 is 11.8 Å².